The smallest absolute Gasteiger partial charge is 0.459 e. The van der Waals surface area contributed by atoms with Crippen LogP contribution in [0.1, 0.15) is 79.0 Å². The molecule has 5 N–H and O–H groups in total. The minimum atomic E-state index is -4.54. The molecular formula is C36H49N6O10P. The predicted molar refractivity (Wildman–Crippen MR) is 191 cm³/mol. The van der Waals surface area contributed by atoms with E-state index in [-0.39, 0.29) is 30.1 Å². The summed E-state index contributed by atoms with van der Waals surface area (Å²) in [4.78, 5) is 44.1. The van der Waals surface area contributed by atoms with Crippen LogP contribution in [0.2, 0.25) is 0 Å². The molecule has 16 nitrogen and oxygen atoms in total. The number of rotatable bonds is 14. The summed E-state index contributed by atoms with van der Waals surface area (Å²) in [6.07, 6.45) is 0.980. The third-order valence-corrected chi connectivity index (χ3v) is 11.8. The fourth-order valence-corrected chi connectivity index (χ4v) is 8.75. The van der Waals surface area contributed by atoms with E-state index in [2.05, 4.69) is 15.2 Å². The summed E-state index contributed by atoms with van der Waals surface area (Å²) in [6, 6.07) is 10.6. The van der Waals surface area contributed by atoms with E-state index in [1.165, 1.54) is 17.8 Å². The molecule has 0 bridgehead atoms. The van der Waals surface area contributed by atoms with Gasteiger partial charge in [0.25, 0.3) is 0 Å². The fourth-order valence-electron chi connectivity index (χ4n) is 6.98. The zero-order valence-corrected chi connectivity index (χ0v) is 31.7. The molecule has 2 aromatic heterocycles. The number of esters is 3. The highest BCUT2D eigenvalue weighted by atomic mass is 31.2. The van der Waals surface area contributed by atoms with Gasteiger partial charge in [0.2, 0.25) is 5.60 Å². The van der Waals surface area contributed by atoms with Crippen molar-refractivity contribution in [3.8, 4) is 5.75 Å². The summed E-state index contributed by atoms with van der Waals surface area (Å²) in [5, 5.41) is 7.06. The van der Waals surface area contributed by atoms with Gasteiger partial charge >= 0.3 is 25.7 Å². The number of nitrogens with one attached hydrogen (secondary N) is 1. The fraction of sp³-hybridized carbons (Fsp3) is 0.583. The van der Waals surface area contributed by atoms with E-state index in [9.17, 15) is 18.9 Å². The molecule has 3 heterocycles. The molecule has 0 amide bonds. The normalized spacial score (nSPS) is 29.6. The van der Waals surface area contributed by atoms with E-state index in [0.717, 1.165) is 25.7 Å². The van der Waals surface area contributed by atoms with Gasteiger partial charge in [0.05, 0.1) is 24.1 Å². The second kappa shape index (κ2) is 15.0. The first-order valence-corrected chi connectivity index (χ1v) is 19.5. The molecule has 53 heavy (non-hydrogen) atoms. The Balaban J connectivity index is 1.34. The lowest BCUT2D eigenvalue weighted by molar-refractivity contribution is -0.181. The lowest BCUT2D eigenvalue weighted by atomic mass is 9.87. The third kappa shape index (κ3) is 7.52. The van der Waals surface area contributed by atoms with Crippen LogP contribution < -0.4 is 21.1 Å². The average molecular weight is 757 g/mol. The minimum absolute atomic E-state index is 0.149. The highest BCUT2D eigenvalue weighted by Crippen LogP contribution is 2.71. The molecule has 1 saturated heterocycles. The molecule has 0 radical (unpaired) electrons. The standard InChI is InChI=1S/C36H49N6O10P/c1-20(2)31(43)48-29-28(26-16-17-27-30(38)39-19-40-42(26)27)49-35(6)34(36(29,35)50-32(44)21(3)4)52-53(46,51-25-10-8-7-9-11-25)41-22(5)33(45)47-18-23-12-14-24(37)15-13-23/h7-11,16-17,19-24,28-29,34H,12-15,18,37H2,1-6H3,(H,41,46)(H2,38,39,40)/t22-,23?,24?,28-,29-,34?,35+,36+,53+/m0/s1. The summed E-state index contributed by atoms with van der Waals surface area (Å²) in [7, 11) is -4.54. The first-order chi connectivity index (χ1) is 25.1. The van der Waals surface area contributed by atoms with Crippen molar-refractivity contribution in [3.63, 3.8) is 0 Å². The van der Waals surface area contributed by atoms with Crippen molar-refractivity contribution in [1.82, 2.24) is 19.7 Å². The minimum Gasteiger partial charge on any atom is -0.464 e. The molecule has 3 fully saturated rings. The molecule has 6 rings (SSSR count). The quantitative estimate of drug-likeness (QED) is 0.119. The Bertz CT molecular complexity index is 1870. The highest BCUT2D eigenvalue weighted by Gasteiger charge is 2.91. The number of ether oxygens (including phenoxy) is 4. The van der Waals surface area contributed by atoms with Gasteiger partial charge in [-0.15, -0.1) is 0 Å². The molecule has 7 atom stereocenters. The molecule has 3 aliphatic rings. The van der Waals surface area contributed by atoms with Crippen LogP contribution in [0.15, 0.2) is 48.8 Å². The van der Waals surface area contributed by atoms with Crippen LogP contribution in [0.25, 0.3) is 5.52 Å². The SMILES string of the molecule is CC(C)C(=O)O[C@H]1[C@H](c2ccc3c(N)ncnn23)O[C@]2(C)C(O[P@@](=O)(N[C@@H](C)C(=O)OCC3CCC(N)CC3)Oc3ccccc3)[C@]12OC(=O)C(C)C. The number of hydrogen-bond donors (Lipinski definition) is 3. The monoisotopic (exact) mass is 756 g/mol. The summed E-state index contributed by atoms with van der Waals surface area (Å²) >= 11 is 0. The zero-order valence-electron chi connectivity index (χ0n) is 30.8. The summed E-state index contributed by atoms with van der Waals surface area (Å²) in [5.74, 6) is -2.55. The Morgan fingerprint density at radius 1 is 1.00 bits per heavy atom. The van der Waals surface area contributed by atoms with Gasteiger partial charge in [0, 0.05) is 6.04 Å². The maximum Gasteiger partial charge on any atom is 0.459 e. The highest BCUT2D eigenvalue weighted by molar-refractivity contribution is 7.52. The first-order valence-electron chi connectivity index (χ1n) is 18.0. The van der Waals surface area contributed by atoms with Gasteiger partial charge in [-0.05, 0) is 69.7 Å². The number of fused-ring (bicyclic) bond motifs is 2. The predicted octanol–water partition coefficient (Wildman–Crippen LogP) is 4.27. The van der Waals surface area contributed by atoms with Crippen molar-refractivity contribution in [1.29, 1.82) is 0 Å². The molecule has 1 unspecified atom stereocenters. The van der Waals surface area contributed by atoms with Gasteiger partial charge in [-0.1, -0.05) is 45.9 Å². The number of benzene rings is 1. The number of carbonyl (C=O) groups excluding carboxylic acids is 3. The number of para-hydroxylation sites is 1. The van der Waals surface area contributed by atoms with E-state index in [1.807, 2.05) is 0 Å². The van der Waals surface area contributed by atoms with Gasteiger partial charge < -0.3 is 34.9 Å². The Morgan fingerprint density at radius 2 is 1.68 bits per heavy atom. The van der Waals surface area contributed by atoms with Gasteiger partial charge in [-0.2, -0.15) is 10.2 Å². The van der Waals surface area contributed by atoms with Crippen molar-refractivity contribution >= 4 is 37.0 Å². The molecular weight excluding hydrogens is 707 g/mol. The topological polar surface area (TPSA) is 218 Å². The average Bonchev–Trinajstić information content (AvgIpc) is 3.37. The second-order valence-corrected chi connectivity index (χ2v) is 16.5. The molecule has 0 spiro atoms. The van der Waals surface area contributed by atoms with Crippen LogP contribution >= 0.6 is 7.75 Å². The summed E-state index contributed by atoms with van der Waals surface area (Å²) < 4.78 is 53.3. The van der Waals surface area contributed by atoms with Gasteiger partial charge in [-0.25, -0.2) is 14.1 Å². The molecule has 17 heteroatoms. The summed E-state index contributed by atoms with van der Waals surface area (Å²) in [5.41, 5.74) is 9.68. The van der Waals surface area contributed by atoms with E-state index in [4.69, 9.17) is 39.5 Å². The van der Waals surface area contributed by atoms with Crippen molar-refractivity contribution in [2.75, 3.05) is 12.3 Å². The second-order valence-electron chi connectivity index (χ2n) is 14.9. The molecule has 2 saturated carbocycles. The van der Waals surface area contributed by atoms with E-state index in [0.29, 0.717) is 11.2 Å². The number of nitrogens with two attached hydrogens (primary N) is 2. The van der Waals surface area contributed by atoms with Crippen LogP contribution in [-0.2, 0) is 42.4 Å². The Kier molecular flexibility index (Phi) is 10.9. The van der Waals surface area contributed by atoms with Crippen LogP contribution in [-0.4, -0.2) is 74.6 Å². The van der Waals surface area contributed by atoms with Crippen molar-refractivity contribution in [3.05, 3.63) is 54.5 Å². The van der Waals surface area contributed by atoms with Gasteiger partial charge in [0.15, 0.2) is 11.9 Å². The van der Waals surface area contributed by atoms with Gasteiger partial charge in [0.1, 0.15) is 41.4 Å². The van der Waals surface area contributed by atoms with E-state index in [1.54, 1.807) is 77.1 Å². The van der Waals surface area contributed by atoms with Crippen molar-refractivity contribution in [2.24, 2.45) is 23.5 Å². The Labute approximate surface area is 308 Å². The summed E-state index contributed by atoms with van der Waals surface area (Å²) in [6.45, 7) is 9.92. The lowest BCUT2D eigenvalue weighted by Crippen LogP contribution is -2.45. The van der Waals surface area contributed by atoms with Crippen LogP contribution in [0.5, 0.6) is 5.75 Å². The maximum atomic E-state index is 14.9. The number of hydrogen-bond acceptors (Lipinski definition) is 14. The van der Waals surface area contributed by atoms with E-state index >= 15 is 0 Å². The number of nitrogens with zero attached hydrogens (tertiary/aromatic N) is 3. The lowest BCUT2D eigenvalue weighted by Gasteiger charge is -2.31. The Morgan fingerprint density at radius 3 is 2.34 bits per heavy atom. The molecule has 2 aliphatic carbocycles. The Hall–Kier alpha value is -4.08. The number of nitrogen functional groups attached to an aromatic ring is 1. The van der Waals surface area contributed by atoms with Crippen molar-refractivity contribution in [2.45, 2.75) is 109 Å². The number of anilines is 1. The van der Waals surface area contributed by atoms with Crippen LogP contribution in [0, 0.1) is 17.8 Å². The maximum absolute atomic E-state index is 14.9. The molecule has 288 valence electrons. The molecule has 1 aliphatic heterocycles. The number of carbonyl (C=O) groups is 3. The number of aromatic nitrogens is 3. The van der Waals surface area contributed by atoms with Crippen LogP contribution in [0.4, 0.5) is 5.82 Å². The van der Waals surface area contributed by atoms with E-state index < -0.39 is 73.0 Å². The molecule has 1 aromatic carbocycles. The third-order valence-electron chi connectivity index (χ3n) is 10.2. The van der Waals surface area contributed by atoms with Crippen molar-refractivity contribution < 1.29 is 46.9 Å². The largest absolute Gasteiger partial charge is 0.464 e. The van der Waals surface area contributed by atoms with Crippen LogP contribution in [0.3, 0.4) is 0 Å². The van der Waals surface area contributed by atoms with Gasteiger partial charge in [-0.3, -0.25) is 18.9 Å². The molecule has 3 aromatic rings. The first kappa shape index (κ1) is 38.6. The zero-order chi connectivity index (χ0) is 38.3.